The molecule has 2 N–H and O–H groups in total. The van der Waals surface area contributed by atoms with E-state index in [-0.39, 0.29) is 12.5 Å². The molecule has 6 heteroatoms. The molecule has 1 heterocycles. The van der Waals surface area contributed by atoms with Crippen LogP contribution in [0.15, 0.2) is 0 Å². The van der Waals surface area contributed by atoms with Gasteiger partial charge < -0.3 is 10.4 Å². The van der Waals surface area contributed by atoms with Gasteiger partial charge in [-0.15, -0.1) is 0 Å². The van der Waals surface area contributed by atoms with E-state index >= 15 is 0 Å². The lowest BCUT2D eigenvalue weighted by molar-refractivity contribution is -0.141. The summed E-state index contributed by atoms with van der Waals surface area (Å²) in [6.45, 7) is 5.63. The third-order valence-electron chi connectivity index (χ3n) is 3.29. The summed E-state index contributed by atoms with van der Waals surface area (Å²) in [6, 6.07) is 0. The topological polar surface area (TPSA) is 84.2 Å². The molecule has 0 aliphatic heterocycles. The van der Waals surface area contributed by atoms with Gasteiger partial charge in [-0.2, -0.15) is 5.10 Å². The van der Waals surface area contributed by atoms with E-state index in [4.69, 9.17) is 5.11 Å². The average Bonchev–Trinajstić information content (AvgIpc) is 2.58. The molecule has 0 fully saturated rings. The lowest BCUT2D eigenvalue weighted by atomic mass is 10.1. The number of amides is 1. The number of nitrogens with zero attached hydrogens (tertiary/aromatic N) is 2. The Bertz CT molecular complexity index is 480. The quantitative estimate of drug-likeness (QED) is 0.798. The SMILES string of the molecule is Cc1nn(C)c(C)c1CCC(=O)NCC(C)C(=O)O. The van der Waals surface area contributed by atoms with Gasteiger partial charge in [0.1, 0.15) is 0 Å². The van der Waals surface area contributed by atoms with Crippen LogP contribution in [0, 0.1) is 19.8 Å². The maximum absolute atomic E-state index is 11.6. The molecular formula is C13H21N3O3. The highest BCUT2D eigenvalue weighted by Gasteiger charge is 2.14. The molecule has 1 aromatic heterocycles. The first kappa shape index (κ1) is 15.2. The molecule has 0 aromatic carbocycles. The molecule has 1 rings (SSSR count). The first-order valence-electron chi connectivity index (χ1n) is 6.31. The van der Waals surface area contributed by atoms with Crippen LogP contribution < -0.4 is 5.32 Å². The lowest BCUT2D eigenvalue weighted by Gasteiger charge is -2.08. The molecule has 0 radical (unpaired) electrons. The number of carboxylic acid groups (broad SMARTS) is 1. The second-order valence-corrected chi connectivity index (χ2v) is 4.82. The first-order valence-corrected chi connectivity index (χ1v) is 6.31. The van der Waals surface area contributed by atoms with E-state index in [1.54, 1.807) is 11.6 Å². The minimum atomic E-state index is -0.903. The molecule has 19 heavy (non-hydrogen) atoms. The van der Waals surface area contributed by atoms with Crippen molar-refractivity contribution in [2.45, 2.75) is 33.6 Å². The van der Waals surface area contributed by atoms with Crippen molar-refractivity contribution in [2.24, 2.45) is 13.0 Å². The third kappa shape index (κ3) is 4.08. The monoisotopic (exact) mass is 267 g/mol. The van der Waals surface area contributed by atoms with Crippen molar-refractivity contribution in [1.29, 1.82) is 0 Å². The van der Waals surface area contributed by atoms with Gasteiger partial charge in [-0.1, -0.05) is 6.92 Å². The minimum absolute atomic E-state index is 0.129. The summed E-state index contributed by atoms with van der Waals surface area (Å²) in [4.78, 5) is 22.3. The fourth-order valence-electron chi connectivity index (χ4n) is 1.86. The van der Waals surface area contributed by atoms with Gasteiger partial charge in [0.25, 0.3) is 0 Å². The number of carbonyl (C=O) groups is 2. The van der Waals surface area contributed by atoms with Crippen LogP contribution in [0.25, 0.3) is 0 Å². The predicted octanol–water partition coefficient (Wildman–Crippen LogP) is 0.806. The van der Waals surface area contributed by atoms with Crippen molar-refractivity contribution in [3.05, 3.63) is 17.0 Å². The Morgan fingerprint density at radius 3 is 2.53 bits per heavy atom. The van der Waals surface area contributed by atoms with E-state index in [9.17, 15) is 9.59 Å². The van der Waals surface area contributed by atoms with Crippen LogP contribution in [0.3, 0.4) is 0 Å². The Morgan fingerprint density at radius 2 is 2.05 bits per heavy atom. The van der Waals surface area contributed by atoms with Gasteiger partial charge >= 0.3 is 5.97 Å². The molecular weight excluding hydrogens is 246 g/mol. The highest BCUT2D eigenvalue weighted by atomic mass is 16.4. The Kier molecular flexibility index (Phi) is 5.09. The van der Waals surface area contributed by atoms with Crippen LogP contribution in [0.5, 0.6) is 0 Å². The van der Waals surface area contributed by atoms with Gasteiger partial charge in [0, 0.05) is 25.7 Å². The van der Waals surface area contributed by atoms with Crippen LogP contribution in [0.4, 0.5) is 0 Å². The van der Waals surface area contributed by atoms with Gasteiger partial charge in [0.15, 0.2) is 0 Å². The summed E-state index contributed by atoms with van der Waals surface area (Å²) in [6.07, 6.45) is 0.971. The van der Waals surface area contributed by atoms with Crippen molar-refractivity contribution >= 4 is 11.9 Å². The summed E-state index contributed by atoms with van der Waals surface area (Å²) in [5.41, 5.74) is 3.08. The standard InChI is InChI=1S/C13H21N3O3/c1-8(13(18)19)7-14-12(17)6-5-11-9(2)15-16(4)10(11)3/h8H,5-7H2,1-4H3,(H,14,17)(H,18,19). The van der Waals surface area contributed by atoms with Gasteiger partial charge in [0.05, 0.1) is 11.6 Å². The summed E-state index contributed by atoms with van der Waals surface area (Å²) in [5.74, 6) is -1.60. The Labute approximate surface area is 112 Å². The molecule has 0 saturated carbocycles. The van der Waals surface area contributed by atoms with Crippen LogP contribution in [-0.4, -0.2) is 33.3 Å². The third-order valence-corrected chi connectivity index (χ3v) is 3.29. The zero-order chi connectivity index (χ0) is 14.6. The van der Waals surface area contributed by atoms with Crippen molar-refractivity contribution in [1.82, 2.24) is 15.1 Å². The highest BCUT2D eigenvalue weighted by Crippen LogP contribution is 2.13. The van der Waals surface area contributed by atoms with E-state index in [0.29, 0.717) is 12.8 Å². The molecule has 0 bridgehead atoms. The molecule has 106 valence electrons. The number of hydrogen-bond donors (Lipinski definition) is 2. The second-order valence-electron chi connectivity index (χ2n) is 4.82. The number of hydrogen-bond acceptors (Lipinski definition) is 3. The molecule has 1 amide bonds. The molecule has 0 aliphatic carbocycles. The van der Waals surface area contributed by atoms with Crippen molar-refractivity contribution < 1.29 is 14.7 Å². The minimum Gasteiger partial charge on any atom is -0.481 e. The van der Waals surface area contributed by atoms with E-state index in [0.717, 1.165) is 17.0 Å². The van der Waals surface area contributed by atoms with Crippen molar-refractivity contribution in [3.8, 4) is 0 Å². The van der Waals surface area contributed by atoms with Gasteiger partial charge in [0.2, 0.25) is 5.91 Å². The summed E-state index contributed by atoms with van der Waals surface area (Å²) < 4.78 is 1.80. The molecule has 1 atom stereocenters. The van der Waals surface area contributed by atoms with Gasteiger partial charge in [-0.3, -0.25) is 14.3 Å². The van der Waals surface area contributed by atoms with Crippen LogP contribution in [-0.2, 0) is 23.1 Å². The molecule has 0 spiro atoms. The molecule has 1 aromatic rings. The lowest BCUT2D eigenvalue weighted by Crippen LogP contribution is -2.31. The number of nitrogens with one attached hydrogen (secondary N) is 1. The van der Waals surface area contributed by atoms with Gasteiger partial charge in [-0.25, -0.2) is 0 Å². The zero-order valence-electron chi connectivity index (χ0n) is 11.9. The van der Waals surface area contributed by atoms with Crippen LogP contribution in [0.1, 0.15) is 30.3 Å². The Balaban J connectivity index is 2.44. The van der Waals surface area contributed by atoms with E-state index < -0.39 is 11.9 Å². The fourth-order valence-corrected chi connectivity index (χ4v) is 1.86. The molecule has 1 unspecified atom stereocenters. The smallest absolute Gasteiger partial charge is 0.308 e. The predicted molar refractivity (Wildman–Crippen MR) is 70.8 cm³/mol. The summed E-state index contributed by atoms with van der Waals surface area (Å²) >= 11 is 0. The van der Waals surface area contributed by atoms with Crippen LogP contribution >= 0.6 is 0 Å². The zero-order valence-corrected chi connectivity index (χ0v) is 11.9. The van der Waals surface area contributed by atoms with Crippen molar-refractivity contribution in [3.63, 3.8) is 0 Å². The fraction of sp³-hybridized carbons (Fsp3) is 0.615. The number of carbonyl (C=O) groups excluding carboxylic acids is 1. The maximum Gasteiger partial charge on any atom is 0.308 e. The Morgan fingerprint density at radius 1 is 1.42 bits per heavy atom. The largest absolute Gasteiger partial charge is 0.481 e. The maximum atomic E-state index is 11.6. The summed E-state index contributed by atoms with van der Waals surface area (Å²) in [5, 5.41) is 15.6. The average molecular weight is 267 g/mol. The van der Waals surface area contributed by atoms with E-state index in [1.165, 1.54) is 0 Å². The molecule has 0 aliphatic rings. The number of aryl methyl sites for hydroxylation is 2. The highest BCUT2D eigenvalue weighted by molar-refractivity contribution is 5.77. The summed E-state index contributed by atoms with van der Waals surface area (Å²) in [7, 11) is 1.88. The number of carboxylic acids is 1. The van der Waals surface area contributed by atoms with E-state index in [2.05, 4.69) is 10.4 Å². The number of aliphatic carboxylic acids is 1. The van der Waals surface area contributed by atoms with E-state index in [1.807, 2.05) is 20.9 Å². The normalized spacial score (nSPS) is 12.2. The van der Waals surface area contributed by atoms with Gasteiger partial charge in [-0.05, 0) is 25.8 Å². The second kappa shape index (κ2) is 6.36. The molecule has 6 nitrogen and oxygen atoms in total. The molecule has 0 saturated heterocycles. The number of aromatic nitrogens is 2. The number of rotatable bonds is 6. The van der Waals surface area contributed by atoms with Crippen molar-refractivity contribution in [2.75, 3.05) is 6.54 Å². The first-order chi connectivity index (χ1) is 8.82. The van der Waals surface area contributed by atoms with Crippen LogP contribution in [0.2, 0.25) is 0 Å². The Hall–Kier alpha value is -1.85.